The van der Waals surface area contributed by atoms with Crippen LogP contribution in [0.4, 0.5) is 18.9 Å². The molecule has 1 heterocycles. The zero-order valence-corrected chi connectivity index (χ0v) is 17.9. The number of nitrogens with zero attached hydrogens (tertiary/aromatic N) is 1. The van der Waals surface area contributed by atoms with Gasteiger partial charge in [0, 0.05) is 11.8 Å². The van der Waals surface area contributed by atoms with Crippen LogP contribution in [0, 0.1) is 0 Å². The number of anilines is 1. The van der Waals surface area contributed by atoms with Crippen LogP contribution in [0.2, 0.25) is 0 Å². The highest BCUT2D eigenvalue weighted by molar-refractivity contribution is 7.92. The number of aromatic nitrogens is 1. The van der Waals surface area contributed by atoms with Crippen LogP contribution in [0.3, 0.4) is 0 Å². The molecule has 0 atom stereocenters. The fourth-order valence-corrected chi connectivity index (χ4v) is 3.70. The molecule has 2 N–H and O–H groups in total. The smallest absolute Gasteiger partial charge is 0.405 e. The summed E-state index contributed by atoms with van der Waals surface area (Å²) in [6.45, 7) is -1.54. The van der Waals surface area contributed by atoms with Crippen LogP contribution in [0.1, 0.15) is 10.4 Å². The van der Waals surface area contributed by atoms with Crippen molar-refractivity contribution in [1.82, 2.24) is 10.3 Å². The molecule has 1 aromatic heterocycles. The highest BCUT2D eigenvalue weighted by Crippen LogP contribution is 2.30. The standard InChI is InChI=1S/C21H18F3N3O5S/c1-31-15-7-9-16(10-8-15)32-20-18(6-3-11-25-20)27-33(29,30)17-5-2-4-14(12-17)19(28)26-13-21(22,23)24/h2-12,27H,13H2,1H3,(H,26,28). The van der Waals surface area contributed by atoms with Crippen molar-refractivity contribution in [1.29, 1.82) is 0 Å². The summed E-state index contributed by atoms with van der Waals surface area (Å²) in [4.78, 5) is 15.7. The molecule has 0 fully saturated rings. The van der Waals surface area contributed by atoms with Gasteiger partial charge in [-0.05, 0) is 54.6 Å². The number of amides is 1. The van der Waals surface area contributed by atoms with E-state index in [0.717, 1.165) is 6.07 Å². The van der Waals surface area contributed by atoms with Gasteiger partial charge in [0.15, 0.2) is 0 Å². The Morgan fingerprint density at radius 2 is 1.73 bits per heavy atom. The summed E-state index contributed by atoms with van der Waals surface area (Å²) in [6.07, 6.45) is -3.19. The van der Waals surface area contributed by atoms with Gasteiger partial charge in [0.1, 0.15) is 23.7 Å². The molecular formula is C21H18F3N3O5S. The first-order chi connectivity index (χ1) is 15.6. The van der Waals surface area contributed by atoms with Crippen molar-refractivity contribution in [3.05, 3.63) is 72.4 Å². The van der Waals surface area contributed by atoms with Crippen molar-refractivity contribution >= 4 is 21.6 Å². The molecule has 3 aromatic rings. The quantitative estimate of drug-likeness (QED) is 0.504. The molecule has 1 amide bonds. The molecule has 0 saturated heterocycles. The second-order valence-electron chi connectivity index (χ2n) is 6.56. The van der Waals surface area contributed by atoms with E-state index in [1.807, 2.05) is 0 Å². The van der Waals surface area contributed by atoms with Crippen LogP contribution in [0.15, 0.2) is 71.8 Å². The lowest BCUT2D eigenvalue weighted by Crippen LogP contribution is -2.33. The number of alkyl halides is 3. The van der Waals surface area contributed by atoms with E-state index in [4.69, 9.17) is 9.47 Å². The zero-order chi connectivity index (χ0) is 24.1. The summed E-state index contributed by atoms with van der Waals surface area (Å²) in [6, 6.07) is 14.0. The number of pyridine rings is 1. The normalized spacial score (nSPS) is 11.5. The first kappa shape index (κ1) is 23.9. The molecule has 0 aliphatic rings. The third-order valence-electron chi connectivity index (χ3n) is 4.15. The van der Waals surface area contributed by atoms with Gasteiger partial charge in [0.25, 0.3) is 15.9 Å². The maximum absolute atomic E-state index is 12.9. The number of rotatable bonds is 8. The van der Waals surface area contributed by atoms with E-state index in [1.54, 1.807) is 29.6 Å². The molecule has 174 valence electrons. The lowest BCUT2D eigenvalue weighted by Gasteiger charge is -2.13. The van der Waals surface area contributed by atoms with Crippen LogP contribution in [-0.4, -0.2) is 39.1 Å². The van der Waals surface area contributed by atoms with Crippen molar-refractivity contribution in [3.8, 4) is 17.4 Å². The second-order valence-corrected chi connectivity index (χ2v) is 8.25. The SMILES string of the molecule is COc1ccc(Oc2ncccc2NS(=O)(=O)c2cccc(C(=O)NCC(F)(F)F)c2)cc1. The molecule has 0 radical (unpaired) electrons. The van der Waals surface area contributed by atoms with E-state index in [1.165, 1.54) is 43.6 Å². The monoisotopic (exact) mass is 481 g/mol. The zero-order valence-electron chi connectivity index (χ0n) is 17.1. The third kappa shape index (κ3) is 6.59. The van der Waals surface area contributed by atoms with E-state index in [2.05, 4.69) is 9.71 Å². The minimum Gasteiger partial charge on any atom is -0.497 e. The minimum atomic E-state index is -4.60. The fraction of sp³-hybridized carbons (Fsp3) is 0.143. The van der Waals surface area contributed by atoms with Crippen molar-refractivity contribution in [2.75, 3.05) is 18.4 Å². The van der Waals surface area contributed by atoms with Crippen molar-refractivity contribution < 1.29 is 35.9 Å². The summed E-state index contributed by atoms with van der Waals surface area (Å²) in [5, 5.41) is 1.69. The van der Waals surface area contributed by atoms with Gasteiger partial charge in [0.05, 0.1) is 12.0 Å². The number of carbonyl (C=O) groups excluding carboxylic acids is 1. The summed E-state index contributed by atoms with van der Waals surface area (Å²) in [5.41, 5.74) is -0.233. The molecule has 0 saturated carbocycles. The molecule has 2 aromatic carbocycles. The molecule has 0 aliphatic heterocycles. The Bertz CT molecular complexity index is 1230. The Hall–Kier alpha value is -3.80. The molecule has 3 rings (SSSR count). The second kappa shape index (κ2) is 9.77. The Balaban J connectivity index is 1.80. The lowest BCUT2D eigenvalue weighted by atomic mass is 10.2. The molecule has 0 bridgehead atoms. The Morgan fingerprint density at radius 3 is 2.39 bits per heavy atom. The van der Waals surface area contributed by atoms with E-state index in [9.17, 15) is 26.4 Å². The summed E-state index contributed by atoms with van der Waals surface area (Å²) < 4.78 is 75.7. The predicted molar refractivity (Wildman–Crippen MR) is 113 cm³/mol. The molecule has 0 unspecified atom stereocenters. The van der Waals surface area contributed by atoms with Gasteiger partial charge in [-0.3, -0.25) is 9.52 Å². The number of ether oxygens (including phenoxy) is 2. The number of sulfonamides is 1. The maximum atomic E-state index is 12.9. The molecule has 33 heavy (non-hydrogen) atoms. The van der Waals surface area contributed by atoms with Gasteiger partial charge < -0.3 is 14.8 Å². The molecular weight excluding hydrogens is 463 g/mol. The molecule has 0 spiro atoms. The van der Waals surface area contributed by atoms with E-state index >= 15 is 0 Å². The Labute approximate surface area is 187 Å². The number of hydrogen-bond donors (Lipinski definition) is 2. The fourth-order valence-electron chi connectivity index (χ4n) is 2.60. The average Bonchev–Trinajstić information content (AvgIpc) is 2.79. The maximum Gasteiger partial charge on any atom is 0.405 e. The third-order valence-corrected chi connectivity index (χ3v) is 5.51. The van der Waals surface area contributed by atoms with Gasteiger partial charge in [0.2, 0.25) is 5.88 Å². The number of halogens is 3. The lowest BCUT2D eigenvalue weighted by molar-refractivity contribution is -0.123. The first-order valence-corrected chi connectivity index (χ1v) is 10.8. The van der Waals surface area contributed by atoms with Crippen LogP contribution in [0.25, 0.3) is 0 Å². The number of benzene rings is 2. The largest absolute Gasteiger partial charge is 0.497 e. The van der Waals surface area contributed by atoms with Crippen molar-refractivity contribution in [2.45, 2.75) is 11.1 Å². The van der Waals surface area contributed by atoms with Gasteiger partial charge in [-0.1, -0.05) is 6.07 Å². The predicted octanol–water partition coefficient (Wildman–Crippen LogP) is 3.98. The van der Waals surface area contributed by atoms with E-state index < -0.39 is 28.7 Å². The number of carbonyl (C=O) groups is 1. The van der Waals surface area contributed by atoms with Crippen molar-refractivity contribution in [3.63, 3.8) is 0 Å². The van der Waals surface area contributed by atoms with Crippen LogP contribution in [-0.2, 0) is 10.0 Å². The van der Waals surface area contributed by atoms with Crippen LogP contribution < -0.4 is 19.5 Å². The van der Waals surface area contributed by atoms with Crippen LogP contribution in [0.5, 0.6) is 17.4 Å². The molecule has 0 aliphatic carbocycles. The Morgan fingerprint density at radius 1 is 1.03 bits per heavy atom. The van der Waals surface area contributed by atoms with Crippen molar-refractivity contribution in [2.24, 2.45) is 0 Å². The number of methoxy groups -OCH3 is 1. The van der Waals surface area contributed by atoms with Crippen LogP contribution >= 0.6 is 0 Å². The van der Waals surface area contributed by atoms with E-state index in [-0.39, 0.29) is 22.0 Å². The van der Waals surface area contributed by atoms with Gasteiger partial charge in [-0.25, -0.2) is 13.4 Å². The summed E-state index contributed by atoms with van der Waals surface area (Å²) >= 11 is 0. The first-order valence-electron chi connectivity index (χ1n) is 9.32. The highest BCUT2D eigenvalue weighted by atomic mass is 32.2. The molecule has 8 nitrogen and oxygen atoms in total. The van der Waals surface area contributed by atoms with Gasteiger partial charge >= 0.3 is 6.18 Å². The average molecular weight is 481 g/mol. The topological polar surface area (TPSA) is 107 Å². The van der Waals surface area contributed by atoms with Gasteiger partial charge in [-0.2, -0.15) is 13.2 Å². The Kier molecular flexibility index (Phi) is 7.07. The van der Waals surface area contributed by atoms with Gasteiger partial charge in [-0.15, -0.1) is 0 Å². The summed E-state index contributed by atoms with van der Waals surface area (Å²) in [7, 11) is -2.72. The number of hydrogen-bond acceptors (Lipinski definition) is 6. The highest BCUT2D eigenvalue weighted by Gasteiger charge is 2.28. The minimum absolute atomic E-state index is 0.0141. The summed E-state index contributed by atoms with van der Waals surface area (Å²) in [5.74, 6) is -0.124. The molecule has 12 heteroatoms. The number of nitrogens with one attached hydrogen (secondary N) is 2. The van der Waals surface area contributed by atoms with E-state index in [0.29, 0.717) is 11.5 Å².